The summed E-state index contributed by atoms with van der Waals surface area (Å²) in [6, 6.07) is 5.30. The standard InChI is InChI=1S/C16H17Cl2N3O/c1-11-7-10-20-14(17)12(11)5-2-3-8-21-16(22)13-6-4-9-19-15(13)18/h4,6-7,9-10H,2-3,5,8H2,1H3,(H,21,22). The zero-order valence-corrected chi connectivity index (χ0v) is 13.8. The molecular formula is C16H17Cl2N3O. The number of halogens is 2. The van der Waals surface area contributed by atoms with Crippen molar-refractivity contribution in [2.24, 2.45) is 0 Å². The van der Waals surface area contributed by atoms with Crippen molar-refractivity contribution in [2.45, 2.75) is 26.2 Å². The molecule has 2 rings (SSSR count). The summed E-state index contributed by atoms with van der Waals surface area (Å²) in [6.07, 6.45) is 5.89. The second-order valence-electron chi connectivity index (χ2n) is 4.95. The van der Waals surface area contributed by atoms with Gasteiger partial charge < -0.3 is 5.32 Å². The summed E-state index contributed by atoms with van der Waals surface area (Å²) in [7, 11) is 0. The molecule has 4 nitrogen and oxygen atoms in total. The second kappa shape index (κ2) is 8.11. The molecule has 0 unspecified atom stereocenters. The van der Waals surface area contributed by atoms with Gasteiger partial charge in [0.25, 0.3) is 5.91 Å². The minimum Gasteiger partial charge on any atom is -0.352 e. The van der Waals surface area contributed by atoms with Crippen molar-refractivity contribution in [3.8, 4) is 0 Å². The van der Waals surface area contributed by atoms with Crippen LogP contribution in [-0.2, 0) is 6.42 Å². The SMILES string of the molecule is Cc1ccnc(Cl)c1CCCCNC(=O)c1cccnc1Cl. The first-order valence-corrected chi connectivity index (χ1v) is 7.84. The number of rotatable bonds is 6. The van der Waals surface area contributed by atoms with E-state index < -0.39 is 0 Å². The maximum atomic E-state index is 11.9. The molecular weight excluding hydrogens is 321 g/mol. The lowest BCUT2D eigenvalue weighted by molar-refractivity contribution is 0.0953. The zero-order chi connectivity index (χ0) is 15.9. The van der Waals surface area contributed by atoms with Crippen LogP contribution in [0.15, 0.2) is 30.6 Å². The van der Waals surface area contributed by atoms with E-state index in [4.69, 9.17) is 23.2 Å². The smallest absolute Gasteiger partial charge is 0.254 e. The average molecular weight is 338 g/mol. The lowest BCUT2D eigenvalue weighted by Gasteiger charge is -2.08. The molecule has 0 aromatic carbocycles. The second-order valence-corrected chi connectivity index (χ2v) is 5.67. The molecule has 22 heavy (non-hydrogen) atoms. The molecule has 1 amide bonds. The van der Waals surface area contributed by atoms with Gasteiger partial charge in [-0.1, -0.05) is 23.2 Å². The van der Waals surface area contributed by atoms with Crippen LogP contribution in [0.3, 0.4) is 0 Å². The van der Waals surface area contributed by atoms with Crippen LogP contribution in [0.2, 0.25) is 10.3 Å². The Balaban J connectivity index is 1.76. The van der Waals surface area contributed by atoms with Gasteiger partial charge in [0.15, 0.2) is 0 Å². The van der Waals surface area contributed by atoms with Crippen LogP contribution in [0.25, 0.3) is 0 Å². The molecule has 0 aliphatic heterocycles. The van der Waals surface area contributed by atoms with E-state index in [1.165, 1.54) is 0 Å². The molecule has 0 saturated carbocycles. The Kier molecular flexibility index (Phi) is 6.16. The summed E-state index contributed by atoms with van der Waals surface area (Å²) in [4.78, 5) is 19.9. The van der Waals surface area contributed by atoms with E-state index in [1.807, 2.05) is 13.0 Å². The number of unbranched alkanes of at least 4 members (excludes halogenated alkanes) is 1. The summed E-state index contributed by atoms with van der Waals surface area (Å²) < 4.78 is 0. The fourth-order valence-corrected chi connectivity index (χ4v) is 2.64. The molecule has 0 spiro atoms. The Labute approximate surface area is 139 Å². The van der Waals surface area contributed by atoms with Gasteiger partial charge in [0.05, 0.1) is 5.56 Å². The van der Waals surface area contributed by atoms with Crippen molar-refractivity contribution < 1.29 is 4.79 Å². The lowest BCUT2D eigenvalue weighted by Crippen LogP contribution is -2.25. The number of hydrogen-bond acceptors (Lipinski definition) is 3. The fraction of sp³-hybridized carbons (Fsp3) is 0.312. The summed E-state index contributed by atoms with van der Waals surface area (Å²) in [5.74, 6) is -0.200. The van der Waals surface area contributed by atoms with E-state index in [1.54, 1.807) is 24.5 Å². The zero-order valence-electron chi connectivity index (χ0n) is 12.3. The van der Waals surface area contributed by atoms with Gasteiger partial charge in [0, 0.05) is 18.9 Å². The minimum atomic E-state index is -0.200. The highest BCUT2D eigenvalue weighted by Crippen LogP contribution is 2.18. The summed E-state index contributed by atoms with van der Waals surface area (Å²) in [6.45, 7) is 2.61. The van der Waals surface area contributed by atoms with Gasteiger partial charge in [-0.15, -0.1) is 0 Å². The van der Waals surface area contributed by atoms with Crippen molar-refractivity contribution in [3.63, 3.8) is 0 Å². The number of hydrogen-bond donors (Lipinski definition) is 1. The van der Waals surface area contributed by atoms with E-state index >= 15 is 0 Å². The molecule has 0 aliphatic carbocycles. The summed E-state index contributed by atoms with van der Waals surface area (Å²) in [5.41, 5.74) is 2.62. The van der Waals surface area contributed by atoms with Crippen molar-refractivity contribution in [1.29, 1.82) is 0 Å². The molecule has 1 N–H and O–H groups in total. The Hall–Kier alpha value is -1.65. The maximum absolute atomic E-state index is 11.9. The van der Waals surface area contributed by atoms with E-state index in [9.17, 15) is 4.79 Å². The van der Waals surface area contributed by atoms with E-state index in [2.05, 4.69) is 15.3 Å². The number of nitrogens with zero attached hydrogens (tertiary/aromatic N) is 2. The highest BCUT2D eigenvalue weighted by molar-refractivity contribution is 6.32. The highest BCUT2D eigenvalue weighted by Gasteiger charge is 2.10. The number of amides is 1. The Morgan fingerprint density at radius 3 is 2.64 bits per heavy atom. The molecule has 0 radical (unpaired) electrons. The lowest BCUT2D eigenvalue weighted by atomic mass is 10.1. The van der Waals surface area contributed by atoms with Gasteiger partial charge in [0.2, 0.25) is 0 Å². The summed E-state index contributed by atoms with van der Waals surface area (Å²) in [5, 5.41) is 3.62. The first-order chi connectivity index (χ1) is 10.6. The largest absolute Gasteiger partial charge is 0.352 e. The number of aromatic nitrogens is 2. The van der Waals surface area contributed by atoms with Gasteiger partial charge in [-0.05, 0) is 55.5 Å². The molecule has 0 bridgehead atoms. The molecule has 0 saturated heterocycles. The van der Waals surface area contributed by atoms with Crippen LogP contribution in [0.1, 0.15) is 34.3 Å². The minimum absolute atomic E-state index is 0.200. The Morgan fingerprint density at radius 2 is 1.91 bits per heavy atom. The number of pyridine rings is 2. The molecule has 2 heterocycles. The van der Waals surface area contributed by atoms with E-state index in [-0.39, 0.29) is 11.1 Å². The van der Waals surface area contributed by atoms with Crippen LogP contribution in [-0.4, -0.2) is 22.4 Å². The first kappa shape index (κ1) is 16.7. The third-order valence-corrected chi connectivity index (χ3v) is 4.01. The van der Waals surface area contributed by atoms with Gasteiger partial charge >= 0.3 is 0 Å². The number of nitrogens with one attached hydrogen (secondary N) is 1. The van der Waals surface area contributed by atoms with Crippen molar-refractivity contribution in [1.82, 2.24) is 15.3 Å². The van der Waals surface area contributed by atoms with E-state index in [0.29, 0.717) is 17.3 Å². The predicted molar refractivity (Wildman–Crippen MR) is 88.5 cm³/mol. The number of carbonyl (C=O) groups excluding carboxylic acids is 1. The summed E-state index contributed by atoms with van der Waals surface area (Å²) >= 11 is 12.0. The molecule has 0 fully saturated rings. The predicted octanol–water partition coefficient (Wildman–Crippen LogP) is 3.84. The van der Waals surface area contributed by atoms with Crippen LogP contribution in [0.4, 0.5) is 0 Å². The Morgan fingerprint density at radius 1 is 1.14 bits per heavy atom. The molecule has 0 atom stereocenters. The third kappa shape index (κ3) is 4.42. The average Bonchev–Trinajstić information content (AvgIpc) is 2.49. The molecule has 2 aromatic heterocycles. The van der Waals surface area contributed by atoms with Gasteiger partial charge in [-0.25, -0.2) is 9.97 Å². The van der Waals surface area contributed by atoms with Crippen LogP contribution >= 0.6 is 23.2 Å². The fourth-order valence-electron chi connectivity index (χ4n) is 2.14. The first-order valence-electron chi connectivity index (χ1n) is 7.08. The van der Waals surface area contributed by atoms with Gasteiger partial charge in [0.1, 0.15) is 10.3 Å². The van der Waals surface area contributed by atoms with Crippen molar-refractivity contribution >= 4 is 29.1 Å². The van der Waals surface area contributed by atoms with Crippen LogP contribution < -0.4 is 5.32 Å². The monoisotopic (exact) mass is 337 g/mol. The number of aryl methyl sites for hydroxylation is 1. The topological polar surface area (TPSA) is 54.9 Å². The third-order valence-electron chi connectivity index (χ3n) is 3.38. The highest BCUT2D eigenvalue weighted by atomic mass is 35.5. The normalized spacial score (nSPS) is 10.5. The Bertz CT molecular complexity index is 641. The molecule has 6 heteroatoms. The molecule has 2 aromatic rings. The quantitative estimate of drug-likeness (QED) is 0.643. The number of carbonyl (C=O) groups is 1. The van der Waals surface area contributed by atoms with Crippen LogP contribution in [0, 0.1) is 6.92 Å². The van der Waals surface area contributed by atoms with Gasteiger partial charge in [-0.2, -0.15) is 0 Å². The van der Waals surface area contributed by atoms with Crippen LogP contribution in [0.5, 0.6) is 0 Å². The molecule has 0 aliphatic rings. The van der Waals surface area contributed by atoms with Crippen molar-refractivity contribution in [2.75, 3.05) is 6.54 Å². The maximum Gasteiger partial charge on any atom is 0.254 e. The van der Waals surface area contributed by atoms with Crippen molar-refractivity contribution in [3.05, 3.63) is 57.6 Å². The van der Waals surface area contributed by atoms with E-state index in [0.717, 1.165) is 30.4 Å². The molecule has 116 valence electrons. The van der Waals surface area contributed by atoms with Gasteiger partial charge in [-0.3, -0.25) is 4.79 Å².